The van der Waals surface area contributed by atoms with Gasteiger partial charge in [0.2, 0.25) is 5.91 Å². The molecule has 2 N–H and O–H groups in total. The number of methoxy groups -OCH3 is 1. The van der Waals surface area contributed by atoms with Crippen molar-refractivity contribution in [2.24, 2.45) is 0 Å². The lowest BCUT2D eigenvalue weighted by Gasteiger charge is -2.12. The zero-order valence-corrected chi connectivity index (χ0v) is 13.8. The van der Waals surface area contributed by atoms with Crippen LogP contribution in [0.5, 0.6) is 11.5 Å². The number of aromatic amines is 1. The smallest absolute Gasteiger partial charge is 0.387 e. The molecule has 0 radical (unpaired) electrons. The Kier molecular flexibility index (Phi) is 6.48. The number of carbonyl (C=O) groups excluding carboxylic acids is 1. The first-order chi connectivity index (χ1) is 12.4. The highest BCUT2D eigenvalue weighted by Crippen LogP contribution is 2.29. The second-order valence-corrected chi connectivity index (χ2v) is 5.20. The van der Waals surface area contributed by atoms with Crippen molar-refractivity contribution in [1.82, 2.24) is 14.9 Å². The number of rotatable bonds is 8. The molecule has 0 saturated heterocycles. The number of nitrogens with one attached hydrogen (secondary N) is 2. The SMILES string of the molecule is COc1cc(CCNC(=O)Cn2ccc(=O)[nH]c2=O)ccc1OC(F)F. The van der Waals surface area contributed by atoms with Crippen LogP contribution in [-0.4, -0.2) is 35.7 Å². The zero-order chi connectivity index (χ0) is 19.1. The molecule has 1 heterocycles. The van der Waals surface area contributed by atoms with E-state index in [1.54, 1.807) is 6.07 Å². The van der Waals surface area contributed by atoms with Crippen molar-refractivity contribution in [3.05, 3.63) is 56.9 Å². The summed E-state index contributed by atoms with van der Waals surface area (Å²) in [5.41, 5.74) is -0.475. The summed E-state index contributed by atoms with van der Waals surface area (Å²) in [6.07, 6.45) is 1.64. The van der Waals surface area contributed by atoms with Gasteiger partial charge in [0, 0.05) is 18.8 Å². The molecule has 1 amide bonds. The van der Waals surface area contributed by atoms with E-state index >= 15 is 0 Å². The average Bonchev–Trinajstić information content (AvgIpc) is 2.58. The van der Waals surface area contributed by atoms with Gasteiger partial charge in [-0.05, 0) is 24.1 Å². The fourth-order valence-corrected chi connectivity index (χ4v) is 2.19. The van der Waals surface area contributed by atoms with Gasteiger partial charge in [-0.2, -0.15) is 8.78 Å². The molecule has 0 aliphatic rings. The molecule has 10 heteroatoms. The largest absolute Gasteiger partial charge is 0.493 e. The highest BCUT2D eigenvalue weighted by Gasteiger charge is 2.11. The molecule has 140 valence electrons. The Morgan fingerprint density at radius 2 is 2.04 bits per heavy atom. The number of hydrogen-bond donors (Lipinski definition) is 2. The van der Waals surface area contributed by atoms with Crippen molar-refractivity contribution in [3.8, 4) is 11.5 Å². The summed E-state index contributed by atoms with van der Waals surface area (Å²) in [7, 11) is 1.33. The molecule has 0 atom stereocenters. The van der Waals surface area contributed by atoms with E-state index in [9.17, 15) is 23.2 Å². The lowest BCUT2D eigenvalue weighted by atomic mass is 10.1. The molecular formula is C16H17F2N3O5. The van der Waals surface area contributed by atoms with E-state index in [1.807, 2.05) is 0 Å². The highest BCUT2D eigenvalue weighted by atomic mass is 19.3. The Bertz CT molecular complexity index is 879. The van der Waals surface area contributed by atoms with E-state index in [1.165, 1.54) is 25.4 Å². The third kappa shape index (κ3) is 5.43. The normalized spacial score (nSPS) is 10.6. The van der Waals surface area contributed by atoms with Gasteiger partial charge in [0.05, 0.1) is 7.11 Å². The Balaban J connectivity index is 1.89. The second-order valence-electron chi connectivity index (χ2n) is 5.20. The van der Waals surface area contributed by atoms with E-state index < -0.39 is 23.8 Å². The van der Waals surface area contributed by atoms with Gasteiger partial charge in [0.25, 0.3) is 5.56 Å². The predicted octanol–water partition coefficient (Wildman–Crippen LogP) is 0.505. The summed E-state index contributed by atoms with van der Waals surface area (Å²) in [6.45, 7) is -2.93. The molecule has 2 rings (SSSR count). The average molecular weight is 369 g/mol. The highest BCUT2D eigenvalue weighted by molar-refractivity contribution is 5.75. The second kappa shape index (κ2) is 8.79. The lowest BCUT2D eigenvalue weighted by molar-refractivity contribution is -0.121. The maximum Gasteiger partial charge on any atom is 0.387 e. The molecule has 1 aromatic carbocycles. The molecule has 0 aliphatic carbocycles. The van der Waals surface area contributed by atoms with Crippen LogP contribution < -0.4 is 26.0 Å². The van der Waals surface area contributed by atoms with E-state index in [2.05, 4.69) is 15.0 Å². The summed E-state index contributed by atoms with van der Waals surface area (Å²) >= 11 is 0. The van der Waals surface area contributed by atoms with Gasteiger partial charge in [0.15, 0.2) is 11.5 Å². The fourth-order valence-electron chi connectivity index (χ4n) is 2.19. The van der Waals surface area contributed by atoms with Gasteiger partial charge in [-0.15, -0.1) is 0 Å². The summed E-state index contributed by atoms with van der Waals surface area (Å²) in [6, 6.07) is 5.63. The van der Waals surface area contributed by atoms with Crippen LogP contribution in [0.2, 0.25) is 0 Å². The summed E-state index contributed by atoms with van der Waals surface area (Å²) < 4.78 is 35.0. The van der Waals surface area contributed by atoms with Crippen LogP contribution in [0, 0.1) is 0 Å². The first-order valence-electron chi connectivity index (χ1n) is 7.57. The number of carbonyl (C=O) groups is 1. The third-order valence-electron chi connectivity index (χ3n) is 3.39. The van der Waals surface area contributed by atoms with Crippen molar-refractivity contribution < 1.29 is 23.0 Å². The quantitative estimate of drug-likeness (QED) is 0.706. The Labute approximate surface area is 146 Å². The van der Waals surface area contributed by atoms with Crippen LogP contribution >= 0.6 is 0 Å². The molecular weight excluding hydrogens is 352 g/mol. The Hall–Kier alpha value is -3.17. The number of H-pyrrole nitrogens is 1. The summed E-state index contributed by atoms with van der Waals surface area (Å²) in [5.74, 6) is -0.328. The summed E-state index contributed by atoms with van der Waals surface area (Å²) in [5, 5.41) is 2.62. The molecule has 1 aromatic heterocycles. The zero-order valence-electron chi connectivity index (χ0n) is 13.8. The number of ether oxygens (including phenoxy) is 2. The standard InChI is InChI=1S/C16H17F2N3O5/c1-25-12-8-10(2-3-11(12)26-15(17)18)4-6-19-14(23)9-21-7-5-13(22)20-16(21)24/h2-3,5,7-8,15H,4,6,9H2,1H3,(H,19,23)(H,20,22,24). The van der Waals surface area contributed by atoms with Crippen LogP contribution in [-0.2, 0) is 17.8 Å². The molecule has 2 aromatic rings. The molecule has 0 unspecified atom stereocenters. The van der Waals surface area contributed by atoms with Gasteiger partial charge in [-0.25, -0.2) is 4.79 Å². The van der Waals surface area contributed by atoms with E-state index in [0.29, 0.717) is 6.42 Å². The van der Waals surface area contributed by atoms with Gasteiger partial charge in [0.1, 0.15) is 6.54 Å². The van der Waals surface area contributed by atoms with Crippen molar-refractivity contribution >= 4 is 5.91 Å². The summed E-state index contributed by atoms with van der Waals surface area (Å²) in [4.78, 5) is 36.4. The number of hydrogen-bond acceptors (Lipinski definition) is 5. The van der Waals surface area contributed by atoms with Crippen LogP contribution in [0.4, 0.5) is 8.78 Å². The van der Waals surface area contributed by atoms with E-state index in [-0.39, 0.29) is 24.6 Å². The van der Waals surface area contributed by atoms with Gasteiger partial charge in [-0.3, -0.25) is 19.1 Å². The van der Waals surface area contributed by atoms with Gasteiger partial charge >= 0.3 is 12.3 Å². The molecule has 26 heavy (non-hydrogen) atoms. The minimum absolute atomic E-state index is 0.0762. The van der Waals surface area contributed by atoms with Crippen molar-refractivity contribution in [3.63, 3.8) is 0 Å². The molecule has 0 saturated carbocycles. The molecule has 0 spiro atoms. The maximum atomic E-state index is 12.3. The van der Waals surface area contributed by atoms with E-state index in [0.717, 1.165) is 16.2 Å². The van der Waals surface area contributed by atoms with Gasteiger partial charge in [-0.1, -0.05) is 6.07 Å². The molecule has 0 fully saturated rings. The minimum atomic E-state index is -2.95. The van der Waals surface area contributed by atoms with Crippen molar-refractivity contribution in [1.29, 1.82) is 0 Å². The molecule has 8 nitrogen and oxygen atoms in total. The Morgan fingerprint density at radius 1 is 1.27 bits per heavy atom. The van der Waals surface area contributed by atoms with E-state index in [4.69, 9.17) is 4.74 Å². The maximum absolute atomic E-state index is 12.3. The van der Waals surface area contributed by atoms with Crippen LogP contribution in [0.1, 0.15) is 5.56 Å². The first kappa shape index (κ1) is 19.2. The number of aromatic nitrogens is 2. The third-order valence-corrected chi connectivity index (χ3v) is 3.39. The molecule has 0 bridgehead atoms. The topological polar surface area (TPSA) is 102 Å². The number of benzene rings is 1. The lowest BCUT2D eigenvalue weighted by Crippen LogP contribution is -2.36. The number of halogens is 2. The molecule has 0 aliphatic heterocycles. The predicted molar refractivity (Wildman–Crippen MR) is 87.7 cm³/mol. The Morgan fingerprint density at radius 3 is 2.69 bits per heavy atom. The van der Waals surface area contributed by atoms with Crippen LogP contribution in [0.15, 0.2) is 40.1 Å². The number of amides is 1. The van der Waals surface area contributed by atoms with Crippen LogP contribution in [0.25, 0.3) is 0 Å². The monoisotopic (exact) mass is 369 g/mol. The van der Waals surface area contributed by atoms with Crippen molar-refractivity contribution in [2.75, 3.05) is 13.7 Å². The van der Waals surface area contributed by atoms with Crippen LogP contribution in [0.3, 0.4) is 0 Å². The van der Waals surface area contributed by atoms with Gasteiger partial charge < -0.3 is 14.8 Å². The number of alkyl halides is 2. The minimum Gasteiger partial charge on any atom is -0.493 e. The fraction of sp³-hybridized carbons (Fsp3) is 0.312. The first-order valence-corrected chi connectivity index (χ1v) is 7.57. The van der Waals surface area contributed by atoms with Crippen molar-refractivity contribution in [2.45, 2.75) is 19.6 Å². The number of nitrogens with zero attached hydrogens (tertiary/aromatic N) is 1.